The van der Waals surface area contributed by atoms with Crippen molar-refractivity contribution in [2.45, 2.75) is 71.8 Å². The van der Waals surface area contributed by atoms with Crippen molar-refractivity contribution in [2.75, 3.05) is 32.2 Å². The number of rotatable bonds is 5. The average Bonchev–Trinajstić information content (AvgIpc) is 3.19. The largest absolute Gasteiger partial charge is 0.493 e. The van der Waals surface area contributed by atoms with Crippen LogP contribution in [0.5, 0.6) is 17.2 Å². The molecule has 0 aliphatic carbocycles. The molecule has 0 bridgehead atoms. The van der Waals surface area contributed by atoms with Gasteiger partial charge in [0.05, 0.1) is 20.1 Å². The third-order valence-corrected chi connectivity index (χ3v) is 8.71. The predicted octanol–water partition coefficient (Wildman–Crippen LogP) is 7.62. The van der Waals surface area contributed by atoms with E-state index in [2.05, 4.69) is 82.8 Å². The summed E-state index contributed by atoms with van der Waals surface area (Å²) in [5.74, 6) is 3.43. The van der Waals surface area contributed by atoms with Gasteiger partial charge in [0.2, 0.25) is 0 Å². The monoisotopic (exact) mass is 499 g/mol. The minimum absolute atomic E-state index is 0.213. The van der Waals surface area contributed by atoms with Gasteiger partial charge in [-0.15, -0.1) is 0 Å². The van der Waals surface area contributed by atoms with Gasteiger partial charge in [0.1, 0.15) is 11.4 Å². The van der Waals surface area contributed by atoms with Gasteiger partial charge in [-0.05, 0) is 100 Å². The minimum atomic E-state index is -0.293. The van der Waals surface area contributed by atoms with Crippen molar-refractivity contribution in [1.82, 2.24) is 0 Å². The second-order valence-corrected chi connectivity index (χ2v) is 11.4. The summed E-state index contributed by atoms with van der Waals surface area (Å²) >= 11 is 0. The minimum Gasteiger partial charge on any atom is -0.493 e. The third-order valence-electron chi connectivity index (χ3n) is 8.71. The SMILES string of the molecule is COc1ccc(C2CCN(c3c(C)c(C)c4c(c3C)[C@@H](c3ccc(C)cc3)C(C)(C)O4)CC2)cc1OC. The molecule has 3 aromatic rings. The molecule has 2 heterocycles. The van der Waals surface area contributed by atoms with E-state index in [0.29, 0.717) is 5.92 Å². The number of nitrogens with zero attached hydrogens (tertiary/aromatic N) is 1. The first kappa shape index (κ1) is 25.5. The highest BCUT2D eigenvalue weighted by molar-refractivity contribution is 5.72. The summed E-state index contributed by atoms with van der Waals surface area (Å²) in [5, 5.41) is 0. The zero-order valence-corrected chi connectivity index (χ0v) is 23.7. The van der Waals surface area contributed by atoms with E-state index in [0.717, 1.165) is 43.2 Å². The van der Waals surface area contributed by atoms with Crippen LogP contribution in [0.1, 0.15) is 77.5 Å². The van der Waals surface area contributed by atoms with E-state index < -0.39 is 0 Å². The molecule has 5 rings (SSSR count). The lowest BCUT2D eigenvalue weighted by Gasteiger charge is -2.37. The van der Waals surface area contributed by atoms with Crippen LogP contribution in [0.2, 0.25) is 0 Å². The summed E-state index contributed by atoms with van der Waals surface area (Å²) in [4.78, 5) is 2.62. The molecule has 0 unspecified atom stereocenters. The molecule has 0 radical (unpaired) electrons. The smallest absolute Gasteiger partial charge is 0.160 e. The van der Waals surface area contributed by atoms with E-state index in [9.17, 15) is 0 Å². The normalized spacial score (nSPS) is 18.9. The molecule has 2 aliphatic heterocycles. The summed E-state index contributed by atoms with van der Waals surface area (Å²) in [6.45, 7) is 15.5. The Kier molecular flexibility index (Phi) is 6.64. The van der Waals surface area contributed by atoms with Gasteiger partial charge in [-0.2, -0.15) is 0 Å². The van der Waals surface area contributed by atoms with E-state index >= 15 is 0 Å². The maximum Gasteiger partial charge on any atom is 0.160 e. The van der Waals surface area contributed by atoms with Gasteiger partial charge in [0.15, 0.2) is 11.5 Å². The molecular formula is C33H41NO3. The molecule has 196 valence electrons. The number of hydrogen-bond donors (Lipinski definition) is 0. The van der Waals surface area contributed by atoms with Gasteiger partial charge in [0, 0.05) is 24.3 Å². The first-order chi connectivity index (χ1) is 17.7. The molecule has 0 amide bonds. The van der Waals surface area contributed by atoms with Crippen LogP contribution < -0.4 is 19.1 Å². The quantitative estimate of drug-likeness (QED) is 0.361. The molecule has 1 fully saturated rings. The lowest BCUT2D eigenvalue weighted by Crippen LogP contribution is -2.34. The van der Waals surface area contributed by atoms with E-state index in [4.69, 9.17) is 14.2 Å². The Hall–Kier alpha value is -3.14. The maximum absolute atomic E-state index is 6.70. The molecule has 0 saturated carbocycles. The standard InChI is InChI=1S/C33H41NO3/c1-20-9-11-25(12-10-20)30-29-23(4)31(21(2)22(3)32(29)37-33(30,5)6)34-17-15-24(16-18-34)26-13-14-27(35-7)28(19-26)36-8/h9-14,19,24,30H,15-18H2,1-8H3/t30-/m1/s1. The first-order valence-corrected chi connectivity index (χ1v) is 13.5. The van der Waals surface area contributed by atoms with Crippen LogP contribution in [0.4, 0.5) is 5.69 Å². The van der Waals surface area contributed by atoms with Gasteiger partial charge in [-0.3, -0.25) is 0 Å². The number of methoxy groups -OCH3 is 2. The second-order valence-electron chi connectivity index (χ2n) is 11.4. The third kappa shape index (κ3) is 4.35. The van der Waals surface area contributed by atoms with Crippen LogP contribution in [0.25, 0.3) is 0 Å². The van der Waals surface area contributed by atoms with Crippen LogP contribution in [0.3, 0.4) is 0 Å². The molecule has 37 heavy (non-hydrogen) atoms. The van der Waals surface area contributed by atoms with Gasteiger partial charge >= 0.3 is 0 Å². The molecule has 2 aliphatic rings. The zero-order chi connectivity index (χ0) is 26.5. The molecule has 4 nitrogen and oxygen atoms in total. The number of hydrogen-bond acceptors (Lipinski definition) is 4. The Morgan fingerprint density at radius 2 is 1.41 bits per heavy atom. The van der Waals surface area contributed by atoms with Crippen molar-refractivity contribution in [2.24, 2.45) is 0 Å². The van der Waals surface area contributed by atoms with Gasteiger partial charge < -0.3 is 19.1 Å². The topological polar surface area (TPSA) is 30.9 Å². The maximum atomic E-state index is 6.70. The Balaban J connectivity index is 1.47. The molecule has 1 atom stereocenters. The molecule has 4 heteroatoms. The van der Waals surface area contributed by atoms with Crippen LogP contribution in [0.15, 0.2) is 42.5 Å². The average molecular weight is 500 g/mol. The Labute approximate surface area is 222 Å². The van der Waals surface area contributed by atoms with Gasteiger partial charge in [0.25, 0.3) is 0 Å². The lowest BCUT2D eigenvalue weighted by molar-refractivity contribution is 0.121. The lowest BCUT2D eigenvalue weighted by atomic mass is 9.78. The molecule has 0 spiro atoms. The molecule has 0 N–H and O–H groups in total. The highest BCUT2D eigenvalue weighted by Crippen LogP contribution is 2.54. The molecule has 3 aromatic carbocycles. The van der Waals surface area contributed by atoms with E-state index in [-0.39, 0.29) is 11.5 Å². The van der Waals surface area contributed by atoms with E-state index in [1.54, 1.807) is 14.2 Å². The molecular weight excluding hydrogens is 458 g/mol. The first-order valence-electron chi connectivity index (χ1n) is 13.5. The molecule has 1 saturated heterocycles. The van der Waals surface area contributed by atoms with Crippen molar-refractivity contribution >= 4 is 5.69 Å². The van der Waals surface area contributed by atoms with Crippen molar-refractivity contribution in [3.63, 3.8) is 0 Å². The molecule has 0 aromatic heterocycles. The van der Waals surface area contributed by atoms with E-state index in [1.807, 2.05) is 6.07 Å². The van der Waals surface area contributed by atoms with Gasteiger partial charge in [-0.1, -0.05) is 35.9 Å². The van der Waals surface area contributed by atoms with Crippen molar-refractivity contribution in [3.05, 3.63) is 81.4 Å². The highest BCUT2D eigenvalue weighted by atomic mass is 16.5. The second kappa shape index (κ2) is 9.63. The van der Waals surface area contributed by atoms with Gasteiger partial charge in [-0.25, -0.2) is 0 Å². The van der Waals surface area contributed by atoms with Crippen LogP contribution >= 0.6 is 0 Å². The van der Waals surface area contributed by atoms with Crippen LogP contribution in [-0.4, -0.2) is 32.9 Å². The van der Waals surface area contributed by atoms with Crippen LogP contribution in [0, 0.1) is 27.7 Å². The number of piperidine rings is 1. The number of ether oxygens (including phenoxy) is 3. The van der Waals surface area contributed by atoms with Crippen molar-refractivity contribution in [1.29, 1.82) is 0 Å². The van der Waals surface area contributed by atoms with Crippen LogP contribution in [-0.2, 0) is 0 Å². The van der Waals surface area contributed by atoms with Crippen molar-refractivity contribution in [3.8, 4) is 17.2 Å². The fourth-order valence-electron chi connectivity index (χ4n) is 6.62. The Morgan fingerprint density at radius 1 is 0.784 bits per heavy atom. The fraction of sp³-hybridized carbons (Fsp3) is 0.455. The fourth-order valence-corrected chi connectivity index (χ4v) is 6.62. The summed E-state index contributed by atoms with van der Waals surface area (Å²) < 4.78 is 17.7. The highest BCUT2D eigenvalue weighted by Gasteiger charge is 2.45. The Morgan fingerprint density at radius 3 is 2.03 bits per heavy atom. The summed E-state index contributed by atoms with van der Waals surface area (Å²) in [5.41, 5.74) is 10.4. The van der Waals surface area contributed by atoms with E-state index in [1.165, 1.54) is 44.6 Å². The summed E-state index contributed by atoms with van der Waals surface area (Å²) in [7, 11) is 3.40. The summed E-state index contributed by atoms with van der Waals surface area (Å²) in [6, 6.07) is 15.4. The zero-order valence-electron chi connectivity index (χ0n) is 23.7. The number of aryl methyl sites for hydroxylation is 1. The van der Waals surface area contributed by atoms with Crippen molar-refractivity contribution < 1.29 is 14.2 Å². The number of anilines is 1. The number of benzene rings is 3. The summed E-state index contributed by atoms with van der Waals surface area (Å²) in [6.07, 6.45) is 2.24. The Bertz CT molecular complexity index is 1300. The predicted molar refractivity (Wildman–Crippen MR) is 152 cm³/mol. The number of fused-ring (bicyclic) bond motifs is 1.